The fraction of sp³-hybridized carbons (Fsp3) is 0.647. The highest BCUT2D eigenvalue weighted by molar-refractivity contribution is 5.21. The highest BCUT2D eigenvalue weighted by Gasteiger charge is 2.40. The molecule has 1 aromatic rings. The van der Waals surface area contributed by atoms with Crippen molar-refractivity contribution in [3.8, 4) is 0 Å². The van der Waals surface area contributed by atoms with E-state index in [1.807, 2.05) is 0 Å². The quantitative estimate of drug-likeness (QED) is 0.916. The molecule has 3 rings (SSSR count). The maximum absolute atomic E-state index is 6.14. The van der Waals surface area contributed by atoms with Gasteiger partial charge in [0.25, 0.3) is 0 Å². The minimum atomic E-state index is 0.423. The van der Waals surface area contributed by atoms with Crippen LogP contribution in [0.15, 0.2) is 30.3 Å². The van der Waals surface area contributed by atoms with E-state index < -0.39 is 0 Å². The lowest BCUT2D eigenvalue weighted by molar-refractivity contribution is -0.0734. The van der Waals surface area contributed by atoms with E-state index >= 15 is 0 Å². The molecule has 110 valence electrons. The van der Waals surface area contributed by atoms with Crippen LogP contribution in [0.25, 0.3) is 0 Å². The van der Waals surface area contributed by atoms with E-state index in [1.54, 1.807) is 0 Å². The van der Waals surface area contributed by atoms with Gasteiger partial charge in [0, 0.05) is 25.2 Å². The molecule has 2 aliphatic rings. The van der Waals surface area contributed by atoms with Gasteiger partial charge in [-0.25, -0.2) is 0 Å². The van der Waals surface area contributed by atoms with Crippen LogP contribution in [0.2, 0.25) is 0 Å². The Bertz CT molecular complexity index is 422. The second-order valence-corrected chi connectivity index (χ2v) is 6.15. The van der Waals surface area contributed by atoms with E-state index in [9.17, 15) is 0 Å². The van der Waals surface area contributed by atoms with Crippen molar-refractivity contribution in [1.82, 2.24) is 4.90 Å². The summed E-state index contributed by atoms with van der Waals surface area (Å²) in [5.41, 5.74) is 7.53. The van der Waals surface area contributed by atoms with Gasteiger partial charge >= 0.3 is 0 Å². The van der Waals surface area contributed by atoms with Gasteiger partial charge in [0.2, 0.25) is 0 Å². The average Bonchev–Trinajstić information content (AvgIpc) is 2.98. The van der Waals surface area contributed by atoms with Crippen molar-refractivity contribution in [2.24, 2.45) is 5.73 Å². The van der Waals surface area contributed by atoms with Crippen LogP contribution >= 0.6 is 0 Å². The van der Waals surface area contributed by atoms with Crippen molar-refractivity contribution in [3.05, 3.63) is 35.9 Å². The third-order valence-electron chi connectivity index (χ3n) is 5.10. The molecule has 0 amide bonds. The Morgan fingerprint density at radius 2 is 2.10 bits per heavy atom. The Morgan fingerprint density at radius 1 is 1.30 bits per heavy atom. The Morgan fingerprint density at radius 3 is 2.85 bits per heavy atom. The van der Waals surface area contributed by atoms with Crippen LogP contribution in [0.1, 0.15) is 37.7 Å². The Labute approximate surface area is 122 Å². The van der Waals surface area contributed by atoms with Crippen LogP contribution in [0, 0.1) is 0 Å². The third kappa shape index (κ3) is 2.62. The molecule has 20 heavy (non-hydrogen) atoms. The zero-order valence-electron chi connectivity index (χ0n) is 12.4. The Kier molecular flexibility index (Phi) is 4.39. The first-order valence-electron chi connectivity index (χ1n) is 7.93. The molecule has 2 N–H and O–H groups in total. The number of fused-ring (bicyclic) bond motifs is 1. The molecule has 1 heterocycles. The van der Waals surface area contributed by atoms with Gasteiger partial charge in [-0.2, -0.15) is 0 Å². The van der Waals surface area contributed by atoms with Crippen LogP contribution in [-0.2, 0) is 4.74 Å². The normalized spacial score (nSPS) is 29.9. The summed E-state index contributed by atoms with van der Waals surface area (Å²) in [6, 6.07) is 11.8. The Hall–Kier alpha value is -0.900. The fourth-order valence-electron chi connectivity index (χ4n) is 3.97. The van der Waals surface area contributed by atoms with E-state index in [4.69, 9.17) is 10.5 Å². The summed E-state index contributed by atoms with van der Waals surface area (Å²) >= 11 is 0. The number of nitrogens with two attached hydrogens (primary N) is 1. The zero-order chi connectivity index (χ0) is 13.9. The van der Waals surface area contributed by atoms with E-state index in [0.717, 1.165) is 19.7 Å². The molecule has 3 heteroatoms. The highest BCUT2D eigenvalue weighted by atomic mass is 16.5. The van der Waals surface area contributed by atoms with Gasteiger partial charge in [0.15, 0.2) is 0 Å². The first-order chi connectivity index (χ1) is 9.81. The number of morpholine rings is 1. The zero-order valence-corrected chi connectivity index (χ0v) is 12.4. The maximum atomic E-state index is 6.14. The molecule has 1 saturated carbocycles. The largest absolute Gasteiger partial charge is 0.375 e. The summed E-state index contributed by atoms with van der Waals surface area (Å²) in [6.45, 7) is 4.92. The first-order valence-corrected chi connectivity index (χ1v) is 7.93. The van der Waals surface area contributed by atoms with Gasteiger partial charge in [-0.15, -0.1) is 0 Å². The fourth-order valence-corrected chi connectivity index (χ4v) is 3.97. The van der Waals surface area contributed by atoms with Crippen LogP contribution in [0.5, 0.6) is 0 Å². The molecule has 4 atom stereocenters. The molecular weight excluding hydrogens is 248 g/mol. The van der Waals surface area contributed by atoms with Gasteiger partial charge in [0.05, 0.1) is 12.7 Å². The maximum Gasteiger partial charge on any atom is 0.0731 e. The van der Waals surface area contributed by atoms with Gasteiger partial charge in [-0.3, -0.25) is 4.90 Å². The van der Waals surface area contributed by atoms with Crippen LogP contribution < -0.4 is 5.73 Å². The summed E-state index contributed by atoms with van der Waals surface area (Å²) in [5, 5.41) is 0. The summed E-state index contributed by atoms with van der Waals surface area (Å²) < 4.78 is 5.93. The molecule has 4 unspecified atom stereocenters. The van der Waals surface area contributed by atoms with Crippen molar-refractivity contribution in [2.45, 2.75) is 50.3 Å². The first kappa shape index (κ1) is 14.1. The minimum Gasteiger partial charge on any atom is -0.375 e. The summed E-state index contributed by atoms with van der Waals surface area (Å²) in [4.78, 5) is 2.64. The van der Waals surface area contributed by atoms with Gasteiger partial charge in [-0.1, -0.05) is 37.3 Å². The predicted molar refractivity (Wildman–Crippen MR) is 81.8 cm³/mol. The third-order valence-corrected chi connectivity index (χ3v) is 5.10. The molecule has 1 saturated heterocycles. The summed E-state index contributed by atoms with van der Waals surface area (Å²) in [5.74, 6) is 0.473. The van der Waals surface area contributed by atoms with Gasteiger partial charge in [-0.05, 0) is 30.7 Å². The van der Waals surface area contributed by atoms with Crippen LogP contribution in [0.3, 0.4) is 0 Å². The number of benzene rings is 1. The standard InChI is InChI=1S/C17H26N2O/c1-13(14-6-3-2-4-7-14)16(12-18)19-10-11-20-17-9-5-8-15(17)19/h2-4,6-7,13,15-17H,5,8-12,18H2,1H3. The smallest absolute Gasteiger partial charge is 0.0731 e. The van der Waals surface area contributed by atoms with Gasteiger partial charge < -0.3 is 10.5 Å². The summed E-state index contributed by atoms with van der Waals surface area (Å²) in [6.07, 6.45) is 4.23. The molecule has 1 aliphatic heterocycles. The van der Waals surface area contributed by atoms with Crippen LogP contribution in [-0.4, -0.2) is 42.8 Å². The van der Waals surface area contributed by atoms with Crippen LogP contribution in [0.4, 0.5) is 0 Å². The molecule has 2 fully saturated rings. The number of hydrogen-bond donors (Lipinski definition) is 1. The molecular formula is C17H26N2O. The van der Waals surface area contributed by atoms with Crippen molar-refractivity contribution in [3.63, 3.8) is 0 Å². The summed E-state index contributed by atoms with van der Waals surface area (Å²) in [7, 11) is 0. The molecule has 3 nitrogen and oxygen atoms in total. The second-order valence-electron chi connectivity index (χ2n) is 6.15. The van der Waals surface area contributed by atoms with Gasteiger partial charge in [0.1, 0.15) is 0 Å². The number of ether oxygens (including phenoxy) is 1. The molecule has 0 aromatic heterocycles. The highest BCUT2D eigenvalue weighted by Crippen LogP contribution is 2.34. The lowest BCUT2D eigenvalue weighted by Gasteiger charge is -2.44. The molecule has 1 aromatic carbocycles. The predicted octanol–water partition coefficient (Wildman–Crippen LogP) is 2.37. The number of hydrogen-bond acceptors (Lipinski definition) is 3. The average molecular weight is 274 g/mol. The lowest BCUT2D eigenvalue weighted by Crippen LogP contribution is -2.56. The number of rotatable bonds is 4. The minimum absolute atomic E-state index is 0.423. The molecule has 0 radical (unpaired) electrons. The molecule has 0 bridgehead atoms. The van der Waals surface area contributed by atoms with E-state index in [0.29, 0.717) is 24.1 Å². The SMILES string of the molecule is CC(c1ccccc1)C(CN)N1CCOC2CCCC21. The van der Waals surface area contributed by atoms with Crippen molar-refractivity contribution >= 4 is 0 Å². The monoisotopic (exact) mass is 274 g/mol. The van der Waals surface area contributed by atoms with E-state index in [1.165, 1.54) is 24.8 Å². The van der Waals surface area contributed by atoms with Crippen molar-refractivity contribution in [2.75, 3.05) is 19.7 Å². The topological polar surface area (TPSA) is 38.5 Å². The second kappa shape index (κ2) is 6.25. The number of nitrogens with zero attached hydrogens (tertiary/aromatic N) is 1. The van der Waals surface area contributed by atoms with Crippen molar-refractivity contribution in [1.29, 1.82) is 0 Å². The van der Waals surface area contributed by atoms with Crippen molar-refractivity contribution < 1.29 is 4.74 Å². The lowest BCUT2D eigenvalue weighted by atomic mass is 9.90. The molecule has 1 aliphatic carbocycles. The van der Waals surface area contributed by atoms with E-state index in [2.05, 4.69) is 42.2 Å². The Balaban J connectivity index is 1.78. The van der Waals surface area contributed by atoms with E-state index in [-0.39, 0.29) is 0 Å². The molecule has 0 spiro atoms.